The van der Waals surface area contributed by atoms with Gasteiger partial charge in [-0.1, -0.05) is 59.6 Å². The Labute approximate surface area is 142 Å². The van der Waals surface area contributed by atoms with Crippen LogP contribution in [0.15, 0.2) is 48.5 Å². The summed E-state index contributed by atoms with van der Waals surface area (Å²) in [5, 5.41) is 4.85. The Hall–Kier alpha value is -1.06. The second-order valence-electron chi connectivity index (χ2n) is 5.82. The van der Waals surface area contributed by atoms with Crippen molar-refractivity contribution in [1.29, 1.82) is 0 Å². The van der Waals surface area contributed by atoms with Gasteiger partial charge in [0.2, 0.25) is 0 Å². The number of rotatable bonds is 4. The maximum atomic E-state index is 6.10. The highest BCUT2D eigenvalue weighted by Gasteiger charge is 2.19. The summed E-state index contributed by atoms with van der Waals surface area (Å²) in [6, 6.07) is 17.0. The number of nitrogens with zero attached hydrogens (tertiary/aromatic N) is 1. The lowest BCUT2D eigenvalue weighted by atomic mass is 10.0. The fourth-order valence-corrected chi connectivity index (χ4v) is 3.29. The van der Waals surface area contributed by atoms with Gasteiger partial charge in [0.1, 0.15) is 0 Å². The van der Waals surface area contributed by atoms with Crippen LogP contribution in [0.25, 0.3) is 0 Å². The molecule has 0 saturated carbocycles. The highest BCUT2D eigenvalue weighted by molar-refractivity contribution is 6.42. The minimum atomic E-state index is 0.453. The molecule has 22 heavy (non-hydrogen) atoms. The Kier molecular flexibility index (Phi) is 5.37. The summed E-state index contributed by atoms with van der Waals surface area (Å²) < 4.78 is 0. The van der Waals surface area contributed by atoms with E-state index in [4.69, 9.17) is 23.2 Å². The topological polar surface area (TPSA) is 15.3 Å². The van der Waals surface area contributed by atoms with E-state index in [0.717, 1.165) is 32.6 Å². The molecule has 1 saturated heterocycles. The van der Waals surface area contributed by atoms with Crippen LogP contribution in [-0.2, 0) is 13.0 Å². The molecule has 116 valence electrons. The Morgan fingerprint density at radius 2 is 1.82 bits per heavy atom. The van der Waals surface area contributed by atoms with Crippen LogP contribution in [0.5, 0.6) is 0 Å². The molecule has 0 spiro atoms. The van der Waals surface area contributed by atoms with Crippen LogP contribution in [-0.4, -0.2) is 30.6 Å². The van der Waals surface area contributed by atoms with Crippen LogP contribution in [0.3, 0.4) is 0 Å². The average molecular weight is 335 g/mol. The molecular formula is C18H20Cl2N2. The molecule has 0 bridgehead atoms. The zero-order valence-corrected chi connectivity index (χ0v) is 13.9. The predicted molar refractivity (Wildman–Crippen MR) is 93.7 cm³/mol. The zero-order valence-electron chi connectivity index (χ0n) is 12.4. The summed E-state index contributed by atoms with van der Waals surface area (Å²) >= 11 is 12.1. The second kappa shape index (κ2) is 7.47. The maximum absolute atomic E-state index is 6.10. The summed E-state index contributed by atoms with van der Waals surface area (Å²) in [6.45, 7) is 4.18. The highest BCUT2D eigenvalue weighted by atomic mass is 35.5. The van der Waals surface area contributed by atoms with Crippen LogP contribution < -0.4 is 5.32 Å². The third-order valence-electron chi connectivity index (χ3n) is 4.05. The molecule has 4 heteroatoms. The number of hydrogen-bond acceptors (Lipinski definition) is 2. The monoisotopic (exact) mass is 334 g/mol. The largest absolute Gasteiger partial charge is 0.311 e. The van der Waals surface area contributed by atoms with E-state index in [9.17, 15) is 0 Å². The van der Waals surface area contributed by atoms with Gasteiger partial charge in [0.25, 0.3) is 0 Å². The van der Waals surface area contributed by atoms with E-state index in [1.807, 2.05) is 12.1 Å². The maximum Gasteiger partial charge on any atom is 0.0595 e. The van der Waals surface area contributed by atoms with Gasteiger partial charge in [-0.15, -0.1) is 0 Å². The van der Waals surface area contributed by atoms with E-state index in [-0.39, 0.29) is 0 Å². The first-order valence-corrected chi connectivity index (χ1v) is 8.40. The first kappa shape index (κ1) is 15.8. The lowest BCUT2D eigenvalue weighted by Gasteiger charge is -2.34. The molecule has 3 rings (SSSR count). The van der Waals surface area contributed by atoms with E-state index >= 15 is 0 Å². The molecule has 0 aromatic heterocycles. The minimum absolute atomic E-state index is 0.453. The zero-order chi connectivity index (χ0) is 15.4. The van der Waals surface area contributed by atoms with Crippen molar-refractivity contribution in [3.05, 3.63) is 69.7 Å². The standard InChI is InChI=1S/C18H20Cl2N2/c19-17-7-6-15(11-18(17)20)10-16-13-22(9-8-21-16)12-14-4-2-1-3-5-14/h1-7,11,16,21H,8-10,12-13H2. The van der Waals surface area contributed by atoms with Gasteiger partial charge in [-0.25, -0.2) is 0 Å². The van der Waals surface area contributed by atoms with Crippen LogP contribution >= 0.6 is 23.2 Å². The van der Waals surface area contributed by atoms with Crippen molar-refractivity contribution >= 4 is 23.2 Å². The first-order valence-electron chi connectivity index (χ1n) is 7.64. The third-order valence-corrected chi connectivity index (χ3v) is 4.79. The number of nitrogens with one attached hydrogen (secondary N) is 1. The van der Waals surface area contributed by atoms with Gasteiger partial charge in [-0.3, -0.25) is 4.90 Å². The summed E-state index contributed by atoms with van der Waals surface area (Å²) in [6.07, 6.45) is 0.974. The molecule has 2 nitrogen and oxygen atoms in total. The molecule has 1 fully saturated rings. The van der Waals surface area contributed by atoms with Crippen molar-refractivity contribution in [2.75, 3.05) is 19.6 Å². The summed E-state index contributed by atoms with van der Waals surface area (Å²) in [7, 11) is 0. The minimum Gasteiger partial charge on any atom is -0.311 e. The summed E-state index contributed by atoms with van der Waals surface area (Å²) in [5.41, 5.74) is 2.60. The van der Waals surface area contributed by atoms with E-state index < -0.39 is 0 Å². The molecule has 0 amide bonds. The first-order chi connectivity index (χ1) is 10.7. The van der Waals surface area contributed by atoms with E-state index in [1.165, 1.54) is 11.1 Å². The highest BCUT2D eigenvalue weighted by Crippen LogP contribution is 2.23. The number of hydrogen-bond donors (Lipinski definition) is 1. The van der Waals surface area contributed by atoms with E-state index in [1.54, 1.807) is 0 Å². The molecule has 2 aromatic rings. The normalized spacial score (nSPS) is 19.3. The molecule has 1 unspecified atom stereocenters. The van der Waals surface area contributed by atoms with Gasteiger partial charge in [0, 0.05) is 32.2 Å². The van der Waals surface area contributed by atoms with Crippen molar-refractivity contribution in [2.24, 2.45) is 0 Å². The Morgan fingerprint density at radius 3 is 2.59 bits per heavy atom. The molecule has 2 aromatic carbocycles. The Morgan fingerprint density at radius 1 is 1.00 bits per heavy atom. The van der Waals surface area contributed by atoms with Crippen LogP contribution in [0, 0.1) is 0 Å². The number of benzene rings is 2. The molecule has 1 aliphatic rings. The number of piperazine rings is 1. The fourth-order valence-electron chi connectivity index (χ4n) is 2.97. The van der Waals surface area contributed by atoms with Crippen molar-refractivity contribution in [1.82, 2.24) is 10.2 Å². The molecule has 1 N–H and O–H groups in total. The quantitative estimate of drug-likeness (QED) is 0.908. The van der Waals surface area contributed by atoms with Gasteiger partial charge in [-0.05, 0) is 29.7 Å². The molecule has 1 aliphatic heterocycles. The lowest BCUT2D eigenvalue weighted by Crippen LogP contribution is -2.51. The van der Waals surface area contributed by atoms with Crippen LogP contribution in [0.4, 0.5) is 0 Å². The van der Waals surface area contributed by atoms with E-state index in [2.05, 4.69) is 46.6 Å². The lowest BCUT2D eigenvalue weighted by molar-refractivity contribution is 0.192. The van der Waals surface area contributed by atoms with Crippen molar-refractivity contribution in [2.45, 2.75) is 19.0 Å². The van der Waals surface area contributed by atoms with Crippen molar-refractivity contribution < 1.29 is 0 Å². The molecule has 1 atom stereocenters. The van der Waals surface area contributed by atoms with Crippen LogP contribution in [0.2, 0.25) is 10.0 Å². The average Bonchev–Trinajstić information content (AvgIpc) is 2.52. The number of halogens is 2. The smallest absolute Gasteiger partial charge is 0.0595 e. The van der Waals surface area contributed by atoms with Gasteiger partial charge in [-0.2, -0.15) is 0 Å². The second-order valence-corrected chi connectivity index (χ2v) is 6.64. The van der Waals surface area contributed by atoms with Crippen LogP contribution in [0.1, 0.15) is 11.1 Å². The summed E-state index contributed by atoms with van der Waals surface area (Å²) in [4.78, 5) is 2.51. The SMILES string of the molecule is Clc1ccc(CC2CN(Cc3ccccc3)CCN2)cc1Cl. The Bertz CT molecular complexity index is 616. The van der Waals surface area contributed by atoms with E-state index in [0.29, 0.717) is 16.1 Å². The molecule has 1 heterocycles. The van der Waals surface area contributed by atoms with Crippen molar-refractivity contribution in [3.63, 3.8) is 0 Å². The third kappa shape index (κ3) is 4.23. The Balaban J connectivity index is 1.59. The van der Waals surface area contributed by atoms with Gasteiger partial charge in [0.05, 0.1) is 10.0 Å². The summed E-state index contributed by atoms with van der Waals surface area (Å²) in [5.74, 6) is 0. The molecule has 0 aliphatic carbocycles. The fraction of sp³-hybridized carbons (Fsp3) is 0.333. The van der Waals surface area contributed by atoms with Gasteiger partial charge in [0.15, 0.2) is 0 Å². The van der Waals surface area contributed by atoms with Gasteiger partial charge < -0.3 is 5.32 Å². The molecular weight excluding hydrogens is 315 g/mol. The van der Waals surface area contributed by atoms with Crippen molar-refractivity contribution in [3.8, 4) is 0 Å². The molecule has 0 radical (unpaired) electrons. The van der Waals surface area contributed by atoms with Gasteiger partial charge >= 0.3 is 0 Å². The predicted octanol–water partition coefficient (Wildman–Crippen LogP) is 4.01.